The number of H-pyrrole nitrogens is 1. The first kappa shape index (κ1) is 20.2. The van der Waals surface area contributed by atoms with Crippen molar-refractivity contribution in [3.8, 4) is 5.75 Å². The maximum atomic E-state index is 13.0. The number of aromatic amines is 1. The standard InChI is InChI=1S/C17H17ClF2N6OS/c1-9-14(18)10(2)25(24-9)8-12-6-11(4-5-13(12)27-3)7-21-26-16(15(19)20)22-23-17(26)28/h4-7,15H,8H2,1-3H3,(H,23,28)/b21-7+. The molecular weight excluding hydrogens is 410 g/mol. The lowest BCUT2D eigenvalue weighted by atomic mass is 10.1. The molecule has 28 heavy (non-hydrogen) atoms. The van der Waals surface area contributed by atoms with Gasteiger partial charge in [0.1, 0.15) is 5.75 Å². The van der Waals surface area contributed by atoms with E-state index in [1.807, 2.05) is 19.9 Å². The molecule has 0 saturated carbocycles. The third kappa shape index (κ3) is 3.97. The molecule has 7 nitrogen and oxygen atoms in total. The Morgan fingerprint density at radius 3 is 2.75 bits per heavy atom. The van der Waals surface area contributed by atoms with Crippen LogP contribution < -0.4 is 4.74 Å². The Morgan fingerprint density at radius 1 is 1.39 bits per heavy atom. The highest BCUT2D eigenvalue weighted by Gasteiger charge is 2.16. The van der Waals surface area contributed by atoms with Gasteiger partial charge >= 0.3 is 0 Å². The Bertz CT molecular complexity index is 1090. The highest BCUT2D eigenvalue weighted by molar-refractivity contribution is 7.71. The Balaban J connectivity index is 1.94. The average Bonchev–Trinajstić information content (AvgIpc) is 3.15. The molecule has 0 radical (unpaired) electrons. The zero-order chi connectivity index (χ0) is 20.4. The number of rotatable bonds is 6. The van der Waals surface area contributed by atoms with Crippen LogP contribution >= 0.6 is 23.8 Å². The molecule has 0 aliphatic carbocycles. The summed E-state index contributed by atoms with van der Waals surface area (Å²) in [6.07, 6.45) is -1.37. The van der Waals surface area contributed by atoms with Crippen LogP contribution in [0.25, 0.3) is 0 Å². The molecule has 148 valence electrons. The summed E-state index contributed by atoms with van der Waals surface area (Å²) >= 11 is 11.2. The SMILES string of the molecule is COc1ccc(/C=N/n2c(C(F)F)n[nH]c2=S)cc1Cn1nc(C)c(Cl)c1C. The van der Waals surface area contributed by atoms with Crippen LogP contribution in [-0.4, -0.2) is 38.0 Å². The lowest BCUT2D eigenvalue weighted by molar-refractivity contribution is 0.136. The Labute approximate surface area is 169 Å². The highest BCUT2D eigenvalue weighted by Crippen LogP contribution is 2.24. The van der Waals surface area contributed by atoms with Crippen molar-refractivity contribution in [3.05, 3.63) is 56.3 Å². The first-order valence-electron chi connectivity index (χ1n) is 8.18. The summed E-state index contributed by atoms with van der Waals surface area (Å²) in [6.45, 7) is 4.14. The fraction of sp³-hybridized carbons (Fsp3) is 0.294. The molecule has 0 fully saturated rings. The number of nitrogens with one attached hydrogen (secondary N) is 1. The van der Waals surface area contributed by atoms with Gasteiger partial charge in [-0.15, -0.1) is 0 Å². The van der Waals surface area contributed by atoms with E-state index >= 15 is 0 Å². The van der Waals surface area contributed by atoms with Gasteiger partial charge in [-0.3, -0.25) is 4.68 Å². The maximum absolute atomic E-state index is 13.0. The number of methoxy groups -OCH3 is 1. The second-order valence-electron chi connectivity index (χ2n) is 5.96. The van der Waals surface area contributed by atoms with Crippen molar-refractivity contribution < 1.29 is 13.5 Å². The monoisotopic (exact) mass is 426 g/mol. The van der Waals surface area contributed by atoms with E-state index in [2.05, 4.69) is 20.4 Å². The minimum Gasteiger partial charge on any atom is -0.496 e. The summed E-state index contributed by atoms with van der Waals surface area (Å²) in [5, 5.41) is 14.9. The molecule has 1 N–H and O–H groups in total. The molecule has 1 aromatic carbocycles. The number of halogens is 3. The molecule has 3 rings (SSSR count). The van der Waals surface area contributed by atoms with Crippen molar-refractivity contribution in [2.24, 2.45) is 5.10 Å². The summed E-state index contributed by atoms with van der Waals surface area (Å²) in [6, 6.07) is 5.36. The van der Waals surface area contributed by atoms with Gasteiger partial charge in [0.25, 0.3) is 6.43 Å². The highest BCUT2D eigenvalue weighted by atomic mass is 35.5. The molecule has 0 aliphatic rings. The smallest absolute Gasteiger partial charge is 0.299 e. The van der Waals surface area contributed by atoms with Gasteiger partial charge in [0.15, 0.2) is 0 Å². The van der Waals surface area contributed by atoms with Gasteiger partial charge < -0.3 is 4.74 Å². The first-order chi connectivity index (χ1) is 13.3. The van der Waals surface area contributed by atoms with E-state index in [0.717, 1.165) is 21.6 Å². The van der Waals surface area contributed by atoms with E-state index in [9.17, 15) is 8.78 Å². The number of hydrogen-bond acceptors (Lipinski definition) is 5. The van der Waals surface area contributed by atoms with Crippen molar-refractivity contribution in [1.29, 1.82) is 0 Å². The minimum absolute atomic E-state index is 0.0161. The van der Waals surface area contributed by atoms with E-state index in [-0.39, 0.29) is 4.77 Å². The topological polar surface area (TPSA) is 73.0 Å². The number of aromatic nitrogens is 5. The molecule has 2 heterocycles. The predicted molar refractivity (Wildman–Crippen MR) is 104 cm³/mol. The van der Waals surface area contributed by atoms with Crippen LogP contribution in [0.15, 0.2) is 23.3 Å². The zero-order valence-corrected chi connectivity index (χ0v) is 16.9. The van der Waals surface area contributed by atoms with Gasteiger partial charge in [-0.25, -0.2) is 13.9 Å². The molecule has 11 heteroatoms. The third-order valence-electron chi connectivity index (χ3n) is 4.11. The third-order valence-corrected chi connectivity index (χ3v) is 4.92. The summed E-state index contributed by atoms with van der Waals surface area (Å²) in [5.41, 5.74) is 3.08. The van der Waals surface area contributed by atoms with Gasteiger partial charge in [-0.05, 0) is 49.8 Å². The number of hydrogen-bond donors (Lipinski definition) is 1. The van der Waals surface area contributed by atoms with E-state index in [1.54, 1.807) is 23.9 Å². The van der Waals surface area contributed by atoms with Crippen LogP contribution in [0.2, 0.25) is 5.02 Å². The zero-order valence-electron chi connectivity index (χ0n) is 15.3. The molecule has 0 amide bonds. The summed E-state index contributed by atoms with van der Waals surface area (Å²) in [5.74, 6) is 0.112. The second kappa shape index (κ2) is 8.19. The molecule has 3 aromatic rings. The van der Waals surface area contributed by atoms with Crippen molar-refractivity contribution >= 4 is 30.0 Å². The average molecular weight is 427 g/mol. The Morgan fingerprint density at radius 2 is 2.14 bits per heavy atom. The fourth-order valence-electron chi connectivity index (χ4n) is 2.67. The van der Waals surface area contributed by atoms with Crippen LogP contribution in [0.1, 0.15) is 34.8 Å². The lowest BCUT2D eigenvalue weighted by Crippen LogP contribution is -2.06. The quantitative estimate of drug-likeness (QED) is 0.471. The number of ether oxygens (including phenoxy) is 1. The number of nitrogens with zero attached hydrogens (tertiary/aromatic N) is 5. The van der Waals surface area contributed by atoms with E-state index in [1.165, 1.54) is 6.21 Å². The van der Waals surface area contributed by atoms with Crippen molar-refractivity contribution in [2.75, 3.05) is 7.11 Å². The Hall–Kier alpha value is -2.59. The van der Waals surface area contributed by atoms with Crippen molar-refractivity contribution in [2.45, 2.75) is 26.8 Å². The van der Waals surface area contributed by atoms with Crippen LogP contribution in [0.3, 0.4) is 0 Å². The lowest BCUT2D eigenvalue weighted by Gasteiger charge is -2.11. The van der Waals surface area contributed by atoms with Crippen LogP contribution in [0, 0.1) is 18.6 Å². The first-order valence-corrected chi connectivity index (χ1v) is 8.96. The van der Waals surface area contributed by atoms with Gasteiger partial charge in [0, 0.05) is 5.56 Å². The number of aryl methyl sites for hydroxylation is 1. The van der Waals surface area contributed by atoms with Crippen LogP contribution in [0.4, 0.5) is 8.78 Å². The van der Waals surface area contributed by atoms with Gasteiger partial charge in [0.05, 0.1) is 36.3 Å². The second-order valence-corrected chi connectivity index (χ2v) is 6.72. The normalized spacial score (nSPS) is 11.7. The molecule has 0 aliphatic heterocycles. The molecule has 0 spiro atoms. The van der Waals surface area contributed by atoms with Gasteiger partial charge in [-0.1, -0.05) is 11.6 Å². The van der Waals surface area contributed by atoms with E-state index in [4.69, 9.17) is 28.6 Å². The summed E-state index contributed by atoms with van der Waals surface area (Å²) < 4.78 is 34.0. The molecular formula is C17H17ClF2N6OS. The Kier molecular flexibility index (Phi) is 5.90. The summed E-state index contributed by atoms with van der Waals surface area (Å²) in [7, 11) is 1.57. The predicted octanol–water partition coefficient (Wildman–Crippen LogP) is 4.28. The maximum Gasteiger partial charge on any atom is 0.299 e. The molecule has 0 saturated heterocycles. The van der Waals surface area contributed by atoms with Gasteiger partial charge in [-0.2, -0.15) is 20.0 Å². The molecule has 0 bridgehead atoms. The van der Waals surface area contributed by atoms with Crippen molar-refractivity contribution in [1.82, 2.24) is 24.7 Å². The molecule has 0 unspecified atom stereocenters. The number of benzene rings is 1. The van der Waals surface area contributed by atoms with Gasteiger partial charge in [0.2, 0.25) is 10.6 Å². The van der Waals surface area contributed by atoms with Crippen LogP contribution in [0.5, 0.6) is 5.75 Å². The largest absolute Gasteiger partial charge is 0.496 e. The summed E-state index contributed by atoms with van der Waals surface area (Å²) in [4.78, 5) is 0. The minimum atomic E-state index is -2.80. The van der Waals surface area contributed by atoms with E-state index < -0.39 is 12.2 Å². The van der Waals surface area contributed by atoms with Crippen LogP contribution in [-0.2, 0) is 6.54 Å². The van der Waals surface area contributed by atoms with E-state index in [0.29, 0.717) is 22.9 Å². The van der Waals surface area contributed by atoms with Crippen molar-refractivity contribution in [3.63, 3.8) is 0 Å². The number of alkyl halides is 2. The molecule has 2 aromatic heterocycles. The fourth-order valence-corrected chi connectivity index (χ4v) is 3.00. The molecule has 0 atom stereocenters.